The monoisotopic (exact) mass is 250 g/mol. The van der Waals surface area contributed by atoms with Crippen molar-refractivity contribution in [2.75, 3.05) is 18.8 Å². The lowest BCUT2D eigenvalue weighted by Crippen LogP contribution is -2.66. The maximum atomic E-state index is 12.1. The normalized spacial score (nSPS) is 17.7. The highest BCUT2D eigenvalue weighted by molar-refractivity contribution is 6.00. The molecule has 0 unspecified atom stereocenters. The average Bonchev–Trinajstić information content (AvgIpc) is 2.27. The van der Waals surface area contributed by atoms with E-state index in [1.54, 1.807) is 0 Å². The van der Waals surface area contributed by atoms with Crippen molar-refractivity contribution < 1.29 is 15.0 Å². The van der Waals surface area contributed by atoms with Crippen LogP contribution < -0.4 is 5.73 Å². The molecule has 0 bridgehead atoms. The molecular formula is C13H18N2O3. The summed E-state index contributed by atoms with van der Waals surface area (Å²) in [5.74, 6) is -0.149. The highest BCUT2D eigenvalue weighted by atomic mass is 16.3. The second kappa shape index (κ2) is 4.17. The number of nitrogens with two attached hydrogens (primary N) is 1. The van der Waals surface area contributed by atoms with E-state index in [0.29, 0.717) is 18.8 Å². The van der Waals surface area contributed by atoms with Gasteiger partial charge in [0.05, 0.1) is 18.7 Å². The Morgan fingerprint density at radius 3 is 2.61 bits per heavy atom. The Kier molecular flexibility index (Phi) is 2.94. The number of benzene rings is 1. The molecule has 0 aliphatic carbocycles. The maximum Gasteiger partial charge on any atom is 0.256 e. The molecule has 1 amide bonds. The largest absolute Gasteiger partial charge is 0.508 e. The molecular weight excluding hydrogens is 232 g/mol. The number of amides is 1. The van der Waals surface area contributed by atoms with Crippen LogP contribution in [0.2, 0.25) is 0 Å². The molecule has 0 radical (unpaired) electrons. The van der Waals surface area contributed by atoms with Gasteiger partial charge >= 0.3 is 0 Å². The predicted molar refractivity (Wildman–Crippen MR) is 68.2 cm³/mol. The van der Waals surface area contributed by atoms with Crippen LogP contribution in [0.3, 0.4) is 0 Å². The van der Waals surface area contributed by atoms with Gasteiger partial charge in [-0.25, -0.2) is 0 Å². The van der Waals surface area contributed by atoms with E-state index in [9.17, 15) is 15.0 Å². The van der Waals surface area contributed by atoms with E-state index in [1.165, 1.54) is 23.1 Å². The Balaban J connectivity index is 2.13. The number of aliphatic hydroxyl groups is 1. The summed E-state index contributed by atoms with van der Waals surface area (Å²) in [6.07, 6.45) is 0. The van der Waals surface area contributed by atoms with Crippen LogP contribution in [0.25, 0.3) is 0 Å². The second-order valence-corrected chi connectivity index (χ2v) is 5.19. The summed E-state index contributed by atoms with van der Waals surface area (Å²) in [6, 6.07) is 4.29. The Labute approximate surface area is 106 Å². The number of likely N-dealkylation sites (tertiary alicyclic amines) is 1. The topological polar surface area (TPSA) is 86.8 Å². The van der Waals surface area contributed by atoms with Gasteiger partial charge in [0, 0.05) is 5.69 Å². The predicted octanol–water partition coefficient (Wildman–Crippen LogP) is 0.817. The third kappa shape index (κ3) is 2.01. The first kappa shape index (κ1) is 12.7. The molecule has 5 nitrogen and oxygen atoms in total. The van der Waals surface area contributed by atoms with Gasteiger partial charge in [0.1, 0.15) is 11.4 Å². The van der Waals surface area contributed by atoms with Crippen LogP contribution in [-0.4, -0.2) is 39.7 Å². The Morgan fingerprint density at radius 2 is 2.06 bits per heavy atom. The van der Waals surface area contributed by atoms with E-state index in [4.69, 9.17) is 5.73 Å². The van der Waals surface area contributed by atoms with Gasteiger partial charge in [-0.15, -0.1) is 0 Å². The molecule has 1 aromatic carbocycles. The van der Waals surface area contributed by atoms with E-state index in [-0.39, 0.29) is 23.1 Å². The maximum absolute atomic E-state index is 12.1. The molecule has 0 aromatic heterocycles. The minimum atomic E-state index is -0.804. The van der Waals surface area contributed by atoms with E-state index in [2.05, 4.69) is 0 Å². The van der Waals surface area contributed by atoms with Gasteiger partial charge < -0.3 is 20.8 Å². The van der Waals surface area contributed by atoms with E-state index in [1.807, 2.05) is 13.8 Å². The summed E-state index contributed by atoms with van der Waals surface area (Å²) in [5.41, 5.74) is 5.52. The number of anilines is 1. The van der Waals surface area contributed by atoms with E-state index < -0.39 is 5.60 Å². The minimum absolute atomic E-state index is 0.00666. The summed E-state index contributed by atoms with van der Waals surface area (Å²) >= 11 is 0. The number of nitrogens with zero attached hydrogens (tertiary/aromatic N) is 1. The van der Waals surface area contributed by atoms with Crippen molar-refractivity contribution in [3.63, 3.8) is 0 Å². The van der Waals surface area contributed by atoms with Crippen LogP contribution in [0.4, 0.5) is 5.69 Å². The third-order valence-corrected chi connectivity index (χ3v) is 3.56. The fourth-order valence-corrected chi connectivity index (χ4v) is 2.02. The summed E-state index contributed by atoms with van der Waals surface area (Å²) < 4.78 is 0. The molecule has 18 heavy (non-hydrogen) atoms. The third-order valence-electron chi connectivity index (χ3n) is 3.56. The molecule has 1 heterocycles. The number of carbonyl (C=O) groups excluding carboxylic acids is 1. The van der Waals surface area contributed by atoms with Gasteiger partial charge in [0.15, 0.2) is 0 Å². The van der Waals surface area contributed by atoms with Gasteiger partial charge in [-0.3, -0.25) is 4.79 Å². The van der Waals surface area contributed by atoms with Crippen molar-refractivity contribution in [2.24, 2.45) is 5.92 Å². The highest BCUT2D eigenvalue weighted by Crippen LogP contribution is 2.31. The number of phenols is 1. The molecule has 5 heteroatoms. The van der Waals surface area contributed by atoms with Crippen LogP contribution in [0.15, 0.2) is 18.2 Å². The zero-order valence-electron chi connectivity index (χ0n) is 10.6. The zero-order valence-corrected chi connectivity index (χ0v) is 10.6. The van der Waals surface area contributed by atoms with Gasteiger partial charge in [-0.1, -0.05) is 13.8 Å². The van der Waals surface area contributed by atoms with Gasteiger partial charge in [-0.05, 0) is 24.1 Å². The molecule has 4 N–H and O–H groups in total. The van der Waals surface area contributed by atoms with Crippen LogP contribution >= 0.6 is 0 Å². The first-order valence-electron chi connectivity index (χ1n) is 5.93. The lowest BCUT2D eigenvalue weighted by molar-refractivity contribution is -0.110. The molecule has 1 aliphatic heterocycles. The first-order valence-corrected chi connectivity index (χ1v) is 5.93. The molecule has 1 aliphatic rings. The lowest BCUT2D eigenvalue weighted by Gasteiger charge is -2.49. The van der Waals surface area contributed by atoms with Crippen molar-refractivity contribution in [3.8, 4) is 5.75 Å². The smallest absolute Gasteiger partial charge is 0.256 e. The van der Waals surface area contributed by atoms with Crippen LogP contribution in [0.5, 0.6) is 5.75 Å². The lowest BCUT2D eigenvalue weighted by atomic mass is 9.82. The fraction of sp³-hybridized carbons (Fsp3) is 0.462. The molecule has 0 spiro atoms. The Bertz CT molecular complexity index is 479. The number of aromatic hydroxyl groups is 1. The van der Waals surface area contributed by atoms with Gasteiger partial charge in [-0.2, -0.15) is 0 Å². The fourth-order valence-electron chi connectivity index (χ4n) is 2.02. The Hall–Kier alpha value is -1.75. The SMILES string of the molecule is CC(C)C1(O)CN(C(=O)c2cc(O)ccc2N)C1. The minimum Gasteiger partial charge on any atom is -0.508 e. The second-order valence-electron chi connectivity index (χ2n) is 5.19. The summed E-state index contributed by atoms with van der Waals surface area (Å²) in [5, 5.41) is 19.5. The molecule has 0 saturated carbocycles. The number of hydrogen-bond acceptors (Lipinski definition) is 4. The van der Waals surface area contributed by atoms with Crippen LogP contribution in [0, 0.1) is 5.92 Å². The molecule has 2 rings (SSSR count). The number of nitrogen functional groups attached to an aromatic ring is 1. The highest BCUT2D eigenvalue weighted by Gasteiger charge is 2.46. The number of rotatable bonds is 2. The molecule has 98 valence electrons. The first-order chi connectivity index (χ1) is 8.33. The standard InChI is InChI=1S/C13H18N2O3/c1-8(2)13(18)6-15(7-13)12(17)10-5-9(16)3-4-11(10)14/h3-5,8,16,18H,6-7,14H2,1-2H3. The average molecular weight is 250 g/mol. The van der Waals surface area contributed by atoms with Crippen molar-refractivity contribution in [2.45, 2.75) is 19.4 Å². The molecule has 1 saturated heterocycles. The summed E-state index contributed by atoms with van der Waals surface area (Å²) in [7, 11) is 0. The molecule has 1 aromatic rings. The van der Waals surface area contributed by atoms with Crippen LogP contribution in [0.1, 0.15) is 24.2 Å². The van der Waals surface area contributed by atoms with Crippen molar-refractivity contribution in [1.29, 1.82) is 0 Å². The molecule has 0 atom stereocenters. The van der Waals surface area contributed by atoms with Gasteiger partial charge in [0.25, 0.3) is 5.91 Å². The van der Waals surface area contributed by atoms with Gasteiger partial charge in [0.2, 0.25) is 0 Å². The quantitative estimate of drug-likeness (QED) is 0.535. The van der Waals surface area contributed by atoms with Crippen molar-refractivity contribution >= 4 is 11.6 Å². The summed E-state index contributed by atoms with van der Waals surface area (Å²) in [4.78, 5) is 13.7. The number of carbonyl (C=O) groups is 1. The molecule has 1 fully saturated rings. The summed E-state index contributed by atoms with van der Waals surface area (Å²) in [6.45, 7) is 4.45. The zero-order chi connectivity index (χ0) is 13.5. The van der Waals surface area contributed by atoms with Crippen molar-refractivity contribution in [3.05, 3.63) is 23.8 Å². The Morgan fingerprint density at radius 1 is 1.44 bits per heavy atom. The van der Waals surface area contributed by atoms with Crippen LogP contribution in [-0.2, 0) is 0 Å². The number of phenolic OH excluding ortho intramolecular Hbond substituents is 1. The van der Waals surface area contributed by atoms with Crippen molar-refractivity contribution in [1.82, 2.24) is 4.90 Å². The van der Waals surface area contributed by atoms with E-state index in [0.717, 1.165) is 0 Å². The number of β-amino-alcohol motifs (C(OH)–C–C–N with tert-alkyl or cyclic N) is 1. The van der Waals surface area contributed by atoms with E-state index >= 15 is 0 Å². The number of hydrogen-bond donors (Lipinski definition) is 3.